The number of halogens is 4. The van der Waals surface area contributed by atoms with Gasteiger partial charge in [0, 0.05) is 26.1 Å². The van der Waals surface area contributed by atoms with E-state index in [1.54, 1.807) is 13.0 Å². The van der Waals surface area contributed by atoms with Crippen molar-refractivity contribution < 1.29 is 19.7 Å². The van der Waals surface area contributed by atoms with Crippen molar-refractivity contribution in [3.05, 3.63) is 21.7 Å². The topological polar surface area (TPSA) is 58.9 Å². The third kappa shape index (κ3) is 1.48. The maximum absolute atomic E-state index is 10.6. The summed E-state index contributed by atoms with van der Waals surface area (Å²) in [4.78, 5) is -3.00. The van der Waals surface area contributed by atoms with E-state index >= 15 is 0 Å². The van der Waals surface area contributed by atoms with Crippen LogP contribution in [0.1, 0.15) is 6.92 Å². The van der Waals surface area contributed by atoms with Crippen LogP contribution in [0.3, 0.4) is 0 Å². The zero-order chi connectivity index (χ0) is 16.7. The van der Waals surface area contributed by atoms with Gasteiger partial charge in [0.1, 0.15) is 9.75 Å². The Morgan fingerprint density at radius 1 is 1.00 bits per heavy atom. The highest BCUT2D eigenvalue weighted by Gasteiger charge is 2.86. The first-order valence-corrected chi connectivity index (χ1v) is 8.25. The van der Waals surface area contributed by atoms with Crippen LogP contribution in [0.5, 0.6) is 0 Å². The zero-order valence-electron chi connectivity index (χ0n) is 12.1. The molecule has 8 heteroatoms. The van der Waals surface area contributed by atoms with Crippen LogP contribution in [0.4, 0.5) is 0 Å². The van der Waals surface area contributed by atoms with Gasteiger partial charge in [0.05, 0.1) is 22.3 Å². The van der Waals surface area contributed by atoms with Gasteiger partial charge in [-0.1, -0.05) is 29.3 Å². The molecular formula is C14H16Cl4O4. The summed E-state index contributed by atoms with van der Waals surface area (Å²) >= 11 is 26.4. The fraction of sp³-hybridized carbons (Fsp3) is 0.714. The van der Waals surface area contributed by atoms with Crippen LogP contribution in [0.15, 0.2) is 21.7 Å². The number of alkyl halides is 2. The predicted octanol–water partition coefficient (Wildman–Crippen LogP) is 2.56. The molecule has 0 saturated heterocycles. The molecular weight excluding hydrogens is 374 g/mol. The van der Waals surface area contributed by atoms with Gasteiger partial charge in [0.15, 0.2) is 0 Å². The largest absolute Gasteiger partial charge is 0.389 e. The molecule has 0 radical (unpaired) electrons. The first-order valence-electron chi connectivity index (χ1n) is 6.74. The molecule has 2 N–H and O–H groups in total. The van der Waals surface area contributed by atoms with Crippen molar-refractivity contribution in [1.82, 2.24) is 0 Å². The molecule has 0 heterocycles. The number of ether oxygens (including phenoxy) is 2. The summed E-state index contributed by atoms with van der Waals surface area (Å²) in [5.74, 6) is -3.02. The van der Waals surface area contributed by atoms with Gasteiger partial charge in [-0.05, 0) is 12.5 Å². The van der Waals surface area contributed by atoms with Crippen molar-refractivity contribution in [3.63, 3.8) is 0 Å². The smallest absolute Gasteiger partial charge is 0.217 e. The average Bonchev–Trinajstić information content (AvgIpc) is 2.73. The predicted molar refractivity (Wildman–Crippen MR) is 85.4 cm³/mol. The second kappa shape index (κ2) is 4.99. The van der Waals surface area contributed by atoms with Crippen LogP contribution in [-0.4, -0.2) is 52.2 Å². The number of aliphatic hydroxyl groups is 2. The molecule has 0 unspecified atom stereocenters. The monoisotopic (exact) mass is 388 g/mol. The SMILES string of the molecule is COC1(OC)[C@@]2(Cl)C(Cl)=C(Cl)[C@]1(Cl)[C@H]1[C@@H]2[C@@H](O)C(C)=C[C@H]1O. The maximum Gasteiger partial charge on any atom is 0.217 e. The third-order valence-electron chi connectivity index (χ3n) is 5.28. The number of aliphatic hydroxyl groups excluding tert-OH is 2. The highest BCUT2D eigenvalue weighted by molar-refractivity contribution is 6.52. The zero-order valence-corrected chi connectivity index (χ0v) is 15.1. The second-order valence-corrected chi connectivity index (χ2v) is 7.92. The van der Waals surface area contributed by atoms with E-state index in [4.69, 9.17) is 55.9 Å². The minimum Gasteiger partial charge on any atom is -0.389 e. The first kappa shape index (κ1) is 17.3. The Labute approximate surface area is 148 Å². The molecule has 3 aliphatic rings. The Balaban J connectivity index is 2.34. The van der Waals surface area contributed by atoms with E-state index in [0.29, 0.717) is 5.57 Å². The lowest BCUT2D eigenvalue weighted by Crippen LogP contribution is -2.58. The molecule has 0 aromatic rings. The Kier molecular flexibility index (Phi) is 3.93. The van der Waals surface area contributed by atoms with Crippen molar-refractivity contribution >= 4 is 46.4 Å². The minimum absolute atomic E-state index is 0.0787. The summed E-state index contributed by atoms with van der Waals surface area (Å²) < 4.78 is 11.1. The minimum atomic E-state index is -1.60. The van der Waals surface area contributed by atoms with Crippen LogP contribution >= 0.6 is 46.4 Å². The fourth-order valence-electron chi connectivity index (χ4n) is 4.39. The van der Waals surface area contributed by atoms with Gasteiger partial charge in [-0.25, -0.2) is 0 Å². The number of hydrogen-bond acceptors (Lipinski definition) is 4. The average molecular weight is 390 g/mol. The Hall–Kier alpha value is 0.480. The number of methoxy groups -OCH3 is 2. The molecule has 3 rings (SSSR count). The summed E-state index contributed by atoms with van der Waals surface area (Å²) in [5.41, 5.74) is 0.586. The Bertz CT molecular complexity index is 587. The van der Waals surface area contributed by atoms with Gasteiger partial charge in [-0.15, -0.1) is 23.2 Å². The summed E-state index contributed by atoms with van der Waals surface area (Å²) in [6, 6.07) is 0. The van der Waals surface area contributed by atoms with E-state index in [1.807, 2.05) is 0 Å². The summed E-state index contributed by atoms with van der Waals surface area (Å²) in [5, 5.41) is 21.3. The molecule has 22 heavy (non-hydrogen) atoms. The van der Waals surface area contributed by atoms with Crippen molar-refractivity contribution in [2.24, 2.45) is 11.8 Å². The quantitative estimate of drug-likeness (QED) is 0.433. The molecule has 0 aromatic carbocycles. The third-order valence-corrected chi connectivity index (χ3v) is 7.92. The second-order valence-electron chi connectivity index (χ2n) is 5.97. The van der Waals surface area contributed by atoms with E-state index in [9.17, 15) is 10.2 Å². The molecule has 124 valence electrons. The molecule has 0 aliphatic heterocycles. The van der Waals surface area contributed by atoms with E-state index in [1.165, 1.54) is 14.2 Å². The van der Waals surface area contributed by atoms with Crippen molar-refractivity contribution in [1.29, 1.82) is 0 Å². The fourth-order valence-corrected chi connectivity index (χ4v) is 6.65. The highest BCUT2D eigenvalue weighted by Crippen LogP contribution is 2.75. The summed E-state index contributed by atoms with van der Waals surface area (Å²) in [7, 11) is 2.77. The molecule has 2 bridgehead atoms. The van der Waals surface area contributed by atoms with Crippen LogP contribution < -0.4 is 0 Å². The van der Waals surface area contributed by atoms with Crippen LogP contribution in [-0.2, 0) is 9.47 Å². The molecule has 0 aromatic heterocycles. The molecule has 0 spiro atoms. The molecule has 1 saturated carbocycles. The lowest BCUT2D eigenvalue weighted by molar-refractivity contribution is -0.222. The van der Waals surface area contributed by atoms with Crippen molar-refractivity contribution in [3.8, 4) is 0 Å². The normalized spacial score (nSPS) is 49.4. The molecule has 0 amide bonds. The molecule has 1 fully saturated rings. The van der Waals surface area contributed by atoms with E-state index in [2.05, 4.69) is 0 Å². The van der Waals surface area contributed by atoms with E-state index in [0.717, 1.165) is 0 Å². The van der Waals surface area contributed by atoms with Gasteiger partial charge < -0.3 is 19.7 Å². The summed E-state index contributed by atoms with van der Waals surface area (Å²) in [6.07, 6.45) is -0.366. The lowest BCUT2D eigenvalue weighted by Gasteiger charge is -2.43. The standard InChI is InChI=1S/C14H16Cl4O4/c1-5-4-6(19)7-8(9(5)20)13(18)11(16)10(15)12(7,17)14(13,21-2)22-3/h4,6-9,19-20H,1-3H3/t6-,7-,8-,9+,12-,13+/m1/s1. The van der Waals surface area contributed by atoms with Crippen LogP contribution in [0, 0.1) is 11.8 Å². The van der Waals surface area contributed by atoms with E-state index < -0.39 is 39.6 Å². The van der Waals surface area contributed by atoms with Crippen molar-refractivity contribution in [2.75, 3.05) is 14.2 Å². The molecule has 3 aliphatic carbocycles. The van der Waals surface area contributed by atoms with Gasteiger partial charge >= 0.3 is 0 Å². The number of rotatable bonds is 2. The van der Waals surface area contributed by atoms with E-state index in [-0.39, 0.29) is 10.1 Å². The maximum atomic E-state index is 10.6. The number of hydrogen-bond donors (Lipinski definition) is 2. The van der Waals surface area contributed by atoms with Gasteiger partial charge in [-0.3, -0.25) is 0 Å². The first-order chi connectivity index (χ1) is 10.1. The van der Waals surface area contributed by atoms with Crippen LogP contribution in [0.2, 0.25) is 0 Å². The van der Waals surface area contributed by atoms with Gasteiger partial charge in [0.25, 0.3) is 0 Å². The summed E-state index contributed by atoms with van der Waals surface area (Å²) in [6.45, 7) is 1.71. The lowest BCUT2D eigenvalue weighted by atomic mass is 9.70. The molecule has 6 atom stereocenters. The highest BCUT2D eigenvalue weighted by atomic mass is 35.5. The Morgan fingerprint density at radius 3 is 1.91 bits per heavy atom. The van der Waals surface area contributed by atoms with Crippen molar-refractivity contribution in [2.45, 2.75) is 34.7 Å². The Morgan fingerprint density at radius 2 is 1.45 bits per heavy atom. The molecule has 4 nitrogen and oxygen atoms in total. The van der Waals surface area contributed by atoms with Crippen LogP contribution in [0.25, 0.3) is 0 Å². The van der Waals surface area contributed by atoms with Gasteiger partial charge in [0.2, 0.25) is 5.79 Å². The number of fused-ring (bicyclic) bond motifs is 5. The van der Waals surface area contributed by atoms with Gasteiger partial charge in [-0.2, -0.15) is 0 Å².